The van der Waals surface area contributed by atoms with Crippen LogP contribution in [-0.2, 0) is 4.79 Å². The van der Waals surface area contributed by atoms with E-state index in [2.05, 4.69) is 26.0 Å². The lowest BCUT2D eigenvalue weighted by molar-refractivity contribution is -0.150. The topological polar surface area (TPSA) is 70.0 Å². The first-order chi connectivity index (χ1) is 16.3. The maximum atomic E-state index is 13.5. The second kappa shape index (κ2) is 10.2. The first-order valence-electron chi connectivity index (χ1n) is 12.6. The van der Waals surface area contributed by atoms with Crippen LogP contribution < -0.4 is 4.74 Å². The van der Waals surface area contributed by atoms with Crippen LogP contribution in [-0.4, -0.2) is 39.8 Å². The Bertz CT molecular complexity index is 1030. The Morgan fingerprint density at radius 1 is 1.18 bits per heavy atom. The zero-order valence-electron chi connectivity index (χ0n) is 20.5. The number of amides is 1. The maximum Gasteiger partial charge on any atom is 0.247 e. The summed E-state index contributed by atoms with van der Waals surface area (Å²) in [5.41, 5.74) is 2.39. The minimum atomic E-state index is -0.764. The zero-order chi connectivity index (χ0) is 24.3. The number of nitrogens with zero attached hydrogens (tertiary/aromatic N) is 1. The van der Waals surface area contributed by atoms with Crippen molar-refractivity contribution in [3.05, 3.63) is 65.2 Å². The summed E-state index contributed by atoms with van der Waals surface area (Å²) in [6, 6.07) is 13.3. The van der Waals surface area contributed by atoms with E-state index in [1.807, 2.05) is 42.2 Å². The van der Waals surface area contributed by atoms with Crippen molar-refractivity contribution in [3.63, 3.8) is 0 Å². The van der Waals surface area contributed by atoms with Crippen LogP contribution in [0.2, 0.25) is 0 Å². The molecule has 4 rings (SSSR count). The third-order valence-corrected chi connectivity index (χ3v) is 7.50. The lowest BCUT2D eigenvalue weighted by Gasteiger charge is -2.52. The molecule has 5 nitrogen and oxygen atoms in total. The number of rotatable bonds is 6. The zero-order valence-corrected chi connectivity index (χ0v) is 20.5. The van der Waals surface area contributed by atoms with E-state index < -0.39 is 5.60 Å². The summed E-state index contributed by atoms with van der Waals surface area (Å²) in [5.74, 6) is 0.865. The molecule has 34 heavy (non-hydrogen) atoms. The number of phenols is 1. The highest BCUT2D eigenvalue weighted by Crippen LogP contribution is 2.50. The van der Waals surface area contributed by atoms with Gasteiger partial charge in [0.1, 0.15) is 0 Å². The molecule has 1 saturated carbocycles. The van der Waals surface area contributed by atoms with Crippen molar-refractivity contribution in [1.82, 2.24) is 4.90 Å². The molecule has 0 radical (unpaired) electrons. The predicted molar refractivity (Wildman–Crippen MR) is 135 cm³/mol. The van der Waals surface area contributed by atoms with Crippen LogP contribution in [0.25, 0.3) is 6.08 Å². The average Bonchev–Trinajstić information content (AvgIpc) is 2.83. The van der Waals surface area contributed by atoms with E-state index in [-0.39, 0.29) is 23.6 Å². The Kier molecular flexibility index (Phi) is 7.32. The third-order valence-electron chi connectivity index (χ3n) is 7.50. The second-order valence-electron chi connectivity index (χ2n) is 10.00. The number of hydrogen-bond acceptors (Lipinski definition) is 4. The Morgan fingerprint density at radius 2 is 1.94 bits per heavy atom. The van der Waals surface area contributed by atoms with E-state index in [0.717, 1.165) is 36.8 Å². The molecule has 2 aliphatic rings. The van der Waals surface area contributed by atoms with E-state index in [1.54, 1.807) is 12.1 Å². The Labute approximate surface area is 203 Å². The van der Waals surface area contributed by atoms with Gasteiger partial charge in [-0.05, 0) is 67.0 Å². The molecule has 0 unspecified atom stereocenters. The van der Waals surface area contributed by atoms with Crippen molar-refractivity contribution in [1.29, 1.82) is 0 Å². The molecule has 0 aromatic heterocycles. The number of phenolic OH excluding ortho intramolecular Hbond substituents is 1. The normalized spacial score (nSPS) is 24.9. The summed E-state index contributed by atoms with van der Waals surface area (Å²) in [5, 5.41) is 21.7. The number of carbonyl (C=O) groups excluding carboxylic acids is 1. The molecule has 1 amide bonds. The van der Waals surface area contributed by atoms with Gasteiger partial charge in [0.05, 0.1) is 18.2 Å². The largest absolute Gasteiger partial charge is 0.504 e. The van der Waals surface area contributed by atoms with Gasteiger partial charge < -0.3 is 19.8 Å². The Hall–Kier alpha value is -2.79. The van der Waals surface area contributed by atoms with Crippen LogP contribution in [0.3, 0.4) is 0 Å². The van der Waals surface area contributed by atoms with Crippen molar-refractivity contribution >= 4 is 12.0 Å². The van der Waals surface area contributed by atoms with Gasteiger partial charge in [-0.2, -0.15) is 0 Å². The molecular formula is C29H37NO4. The van der Waals surface area contributed by atoms with Crippen LogP contribution in [0.4, 0.5) is 0 Å². The first kappa shape index (κ1) is 24.3. The van der Waals surface area contributed by atoms with E-state index >= 15 is 0 Å². The molecule has 2 fully saturated rings. The number of carbonyl (C=O) groups is 1. The van der Waals surface area contributed by atoms with E-state index in [0.29, 0.717) is 31.2 Å². The number of benzene rings is 2. The van der Waals surface area contributed by atoms with Crippen LogP contribution in [0.5, 0.6) is 11.5 Å². The van der Waals surface area contributed by atoms with Gasteiger partial charge >= 0.3 is 0 Å². The highest BCUT2D eigenvalue weighted by molar-refractivity contribution is 5.92. The molecule has 5 heteroatoms. The smallest absolute Gasteiger partial charge is 0.247 e. The molecule has 182 valence electrons. The minimum absolute atomic E-state index is 0.0447. The number of piperidine rings is 1. The van der Waals surface area contributed by atoms with Crippen molar-refractivity contribution in [2.24, 2.45) is 5.92 Å². The second-order valence-corrected chi connectivity index (χ2v) is 10.00. The van der Waals surface area contributed by atoms with E-state index in [4.69, 9.17) is 4.74 Å². The lowest BCUT2D eigenvalue weighted by atomic mass is 9.66. The Balaban J connectivity index is 1.64. The molecule has 1 aliphatic heterocycles. The molecule has 0 bridgehead atoms. The maximum absolute atomic E-state index is 13.5. The van der Waals surface area contributed by atoms with Gasteiger partial charge in [-0.3, -0.25) is 4.79 Å². The van der Waals surface area contributed by atoms with Crippen LogP contribution in [0.1, 0.15) is 81.5 Å². The van der Waals surface area contributed by atoms with Gasteiger partial charge in [-0.1, -0.05) is 57.0 Å². The molecule has 2 aromatic carbocycles. The number of fused-ring (bicyclic) bond motifs is 1. The molecular weight excluding hydrogens is 426 g/mol. The van der Waals surface area contributed by atoms with Crippen molar-refractivity contribution in [2.45, 2.75) is 70.4 Å². The summed E-state index contributed by atoms with van der Waals surface area (Å²) in [4.78, 5) is 15.4. The number of aromatic hydroxyl groups is 1. The number of ether oxygens (including phenoxy) is 1. The quantitative estimate of drug-likeness (QED) is 0.530. The fourth-order valence-electron chi connectivity index (χ4n) is 5.58. The standard InChI is InChI=1S/C29H37NO4/c1-4-34-26-19-23(13-14-25(26)31)28-24-7-5-6-16-29(24,33)17-18-30(28)27(32)15-10-21-8-11-22(12-9-21)20(2)3/h8-15,19-20,24,28,31,33H,4-7,16-18H2,1-3H3/b15-10+/t24-,28+,29-/m0/s1. The fourth-order valence-corrected chi connectivity index (χ4v) is 5.58. The van der Waals surface area contributed by atoms with Crippen LogP contribution >= 0.6 is 0 Å². The highest BCUT2D eigenvalue weighted by atomic mass is 16.5. The van der Waals surface area contributed by atoms with Crippen molar-refractivity contribution in [2.75, 3.05) is 13.2 Å². The van der Waals surface area contributed by atoms with Gasteiger partial charge in [0.15, 0.2) is 11.5 Å². The van der Waals surface area contributed by atoms with Gasteiger partial charge in [0.2, 0.25) is 5.91 Å². The summed E-state index contributed by atoms with van der Waals surface area (Å²) >= 11 is 0. The fraction of sp³-hybridized carbons (Fsp3) is 0.483. The van der Waals surface area contributed by atoms with Crippen molar-refractivity contribution in [3.8, 4) is 11.5 Å². The minimum Gasteiger partial charge on any atom is -0.504 e. The molecule has 1 aliphatic carbocycles. The molecule has 2 N–H and O–H groups in total. The van der Waals surface area contributed by atoms with Gasteiger partial charge in [-0.15, -0.1) is 0 Å². The number of likely N-dealkylation sites (tertiary alicyclic amines) is 1. The first-order valence-corrected chi connectivity index (χ1v) is 12.6. The lowest BCUT2D eigenvalue weighted by Crippen LogP contribution is -2.56. The van der Waals surface area contributed by atoms with E-state index in [1.165, 1.54) is 5.56 Å². The summed E-state index contributed by atoms with van der Waals surface area (Å²) in [6.07, 6.45) is 7.80. The molecule has 0 spiro atoms. The van der Waals surface area contributed by atoms with Gasteiger partial charge in [-0.25, -0.2) is 0 Å². The van der Waals surface area contributed by atoms with Crippen LogP contribution in [0.15, 0.2) is 48.5 Å². The summed E-state index contributed by atoms with van der Waals surface area (Å²) < 4.78 is 5.63. The third kappa shape index (κ3) is 5.00. The molecule has 1 saturated heterocycles. The van der Waals surface area contributed by atoms with Gasteiger partial charge in [0, 0.05) is 18.5 Å². The number of aliphatic hydroxyl groups is 1. The average molecular weight is 464 g/mol. The van der Waals surface area contributed by atoms with Gasteiger partial charge in [0.25, 0.3) is 0 Å². The monoisotopic (exact) mass is 463 g/mol. The Morgan fingerprint density at radius 3 is 2.65 bits per heavy atom. The van der Waals surface area contributed by atoms with Crippen molar-refractivity contribution < 1.29 is 19.7 Å². The predicted octanol–water partition coefficient (Wildman–Crippen LogP) is 5.82. The molecule has 1 heterocycles. The molecule has 2 aromatic rings. The SMILES string of the molecule is CCOc1cc([C@@H]2[C@@H]3CCCC[C@]3(O)CCN2C(=O)/C=C/c2ccc(C(C)C)cc2)ccc1O. The molecule has 3 atom stereocenters. The van der Waals surface area contributed by atoms with Crippen LogP contribution in [0, 0.1) is 5.92 Å². The summed E-state index contributed by atoms with van der Waals surface area (Å²) in [7, 11) is 0. The summed E-state index contributed by atoms with van der Waals surface area (Å²) in [6.45, 7) is 7.14. The number of hydrogen-bond donors (Lipinski definition) is 2. The van der Waals surface area contributed by atoms with E-state index in [9.17, 15) is 15.0 Å². The highest BCUT2D eigenvalue weighted by Gasteiger charge is 2.50.